The predicted octanol–water partition coefficient (Wildman–Crippen LogP) is 14.4. The highest BCUT2D eigenvalue weighted by Crippen LogP contribution is 2.63. The molecule has 9 aromatic carbocycles. The third-order valence-electron chi connectivity index (χ3n) is 12.5. The average Bonchev–Trinajstić information content (AvgIpc) is 3.76. The number of hydrogen-bond acceptors (Lipinski definition) is 1. The molecule has 0 unspecified atom stereocenters. The summed E-state index contributed by atoms with van der Waals surface area (Å²) in [6.45, 7) is 0. The summed E-state index contributed by atoms with van der Waals surface area (Å²) in [6, 6.07) is 78.1. The molecular weight excluding hydrogens is 687 g/mol. The highest BCUT2D eigenvalue weighted by molar-refractivity contribution is 5.99. The van der Waals surface area contributed by atoms with Crippen LogP contribution in [0.5, 0.6) is 0 Å². The molecule has 0 saturated carbocycles. The fourth-order valence-corrected chi connectivity index (χ4v) is 9.89. The maximum Gasteiger partial charge on any atom is 0.0725 e. The van der Waals surface area contributed by atoms with Crippen molar-refractivity contribution in [1.29, 1.82) is 0 Å². The maximum absolute atomic E-state index is 5.02. The van der Waals surface area contributed by atoms with E-state index in [-0.39, 0.29) is 5.41 Å². The van der Waals surface area contributed by atoms with Crippen molar-refractivity contribution in [3.05, 3.63) is 235 Å². The van der Waals surface area contributed by atoms with Gasteiger partial charge in [-0.15, -0.1) is 0 Å². The minimum absolute atomic E-state index is 0.350. The van der Waals surface area contributed by atoms with Gasteiger partial charge >= 0.3 is 0 Å². The van der Waals surface area contributed by atoms with Crippen LogP contribution in [0.2, 0.25) is 0 Å². The fraction of sp³-hybridized carbons (Fsp3) is 0.0179. The molecule has 1 heterocycles. The van der Waals surface area contributed by atoms with E-state index >= 15 is 0 Å². The van der Waals surface area contributed by atoms with E-state index in [4.69, 9.17) is 4.98 Å². The largest absolute Gasteiger partial charge is 0.248 e. The Hall–Kier alpha value is -7.35. The SMILES string of the molecule is c1ccc(-c2cc(-c3ccc(-c4ccc5ccc(-c6ccc7c(c6)C6(c8ccccc8-c8ccccc86)c6ccccc6-7)cc5c4)cc3)c3ccccc3n2)cc1. The molecular formula is C56H35N. The van der Waals surface area contributed by atoms with Gasteiger partial charge in [-0.2, -0.15) is 0 Å². The van der Waals surface area contributed by atoms with Crippen LogP contribution in [0.15, 0.2) is 212 Å². The Labute approximate surface area is 332 Å². The normalized spacial score (nSPS) is 13.1. The summed E-state index contributed by atoms with van der Waals surface area (Å²) >= 11 is 0. The van der Waals surface area contributed by atoms with Gasteiger partial charge in [0.2, 0.25) is 0 Å². The lowest BCUT2D eigenvalue weighted by molar-refractivity contribution is 0.794. The molecule has 1 nitrogen and oxygen atoms in total. The van der Waals surface area contributed by atoms with Gasteiger partial charge in [-0.1, -0.05) is 182 Å². The van der Waals surface area contributed by atoms with Crippen LogP contribution >= 0.6 is 0 Å². The molecule has 0 N–H and O–H groups in total. The summed E-state index contributed by atoms with van der Waals surface area (Å²) in [5, 5.41) is 3.63. The summed E-state index contributed by atoms with van der Waals surface area (Å²) in [7, 11) is 0. The van der Waals surface area contributed by atoms with Gasteiger partial charge in [0.05, 0.1) is 16.6 Å². The minimum Gasteiger partial charge on any atom is -0.248 e. The standard InChI is InChI=1S/C56H35N/c1-2-12-39(13-3-1)55-35-49(48-17-7-11-21-54(48)57-55)38-26-22-36(23-27-38)40-28-24-37-25-29-41(33-43(37)32-40)42-30-31-47-46-16-6-10-20-52(46)56(53(47)34-42)50-18-8-4-14-44(50)45-15-5-9-19-51(45)56/h1-35H. The lowest BCUT2D eigenvalue weighted by Crippen LogP contribution is -2.25. The van der Waals surface area contributed by atoms with E-state index in [2.05, 4.69) is 206 Å². The number of benzene rings is 9. The Kier molecular flexibility index (Phi) is 6.91. The predicted molar refractivity (Wildman–Crippen MR) is 237 cm³/mol. The molecule has 1 spiro atoms. The zero-order valence-electron chi connectivity index (χ0n) is 31.2. The second-order valence-electron chi connectivity index (χ2n) is 15.4. The van der Waals surface area contributed by atoms with Crippen LogP contribution in [0.25, 0.3) is 88.6 Å². The Morgan fingerprint density at radius 2 is 0.772 bits per heavy atom. The number of pyridine rings is 1. The molecule has 0 radical (unpaired) electrons. The van der Waals surface area contributed by atoms with Gasteiger partial charge in [0, 0.05) is 10.9 Å². The quantitative estimate of drug-likeness (QED) is 0.176. The zero-order chi connectivity index (χ0) is 37.5. The average molecular weight is 722 g/mol. The molecule has 0 fully saturated rings. The van der Waals surface area contributed by atoms with Crippen molar-refractivity contribution in [1.82, 2.24) is 4.98 Å². The first-order valence-corrected chi connectivity index (χ1v) is 19.8. The van der Waals surface area contributed by atoms with E-state index in [1.807, 2.05) is 6.07 Å². The van der Waals surface area contributed by atoms with Crippen molar-refractivity contribution in [3.8, 4) is 66.9 Å². The van der Waals surface area contributed by atoms with Crippen LogP contribution in [0.3, 0.4) is 0 Å². The second kappa shape index (κ2) is 12.3. The van der Waals surface area contributed by atoms with Crippen molar-refractivity contribution in [2.24, 2.45) is 0 Å². The third-order valence-corrected chi connectivity index (χ3v) is 12.5. The summed E-state index contributed by atoms with van der Waals surface area (Å²) < 4.78 is 0. The Morgan fingerprint density at radius 3 is 1.44 bits per heavy atom. The zero-order valence-corrected chi connectivity index (χ0v) is 31.2. The van der Waals surface area contributed by atoms with Crippen molar-refractivity contribution < 1.29 is 0 Å². The maximum atomic E-state index is 5.02. The molecule has 1 heteroatoms. The second-order valence-corrected chi connectivity index (χ2v) is 15.4. The van der Waals surface area contributed by atoms with Gasteiger partial charge in [0.25, 0.3) is 0 Å². The summed E-state index contributed by atoms with van der Waals surface area (Å²) in [5.41, 5.74) is 20.8. The van der Waals surface area contributed by atoms with Crippen LogP contribution < -0.4 is 0 Å². The lowest BCUT2D eigenvalue weighted by Gasteiger charge is -2.30. The fourth-order valence-electron chi connectivity index (χ4n) is 9.89. The van der Waals surface area contributed by atoms with Gasteiger partial charge in [-0.25, -0.2) is 4.98 Å². The van der Waals surface area contributed by atoms with Crippen molar-refractivity contribution in [2.45, 2.75) is 5.41 Å². The van der Waals surface area contributed by atoms with Gasteiger partial charge in [0.15, 0.2) is 0 Å². The summed E-state index contributed by atoms with van der Waals surface area (Å²) in [4.78, 5) is 5.02. The van der Waals surface area contributed by atoms with Crippen LogP contribution in [0.4, 0.5) is 0 Å². The number of hydrogen-bond donors (Lipinski definition) is 0. The van der Waals surface area contributed by atoms with E-state index in [1.165, 1.54) is 88.7 Å². The topological polar surface area (TPSA) is 12.9 Å². The molecule has 0 aliphatic heterocycles. The van der Waals surface area contributed by atoms with Gasteiger partial charge in [0.1, 0.15) is 0 Å². The summed E-state index contributed by atoms with van der Waals surface area (Å²) in [5.74, 6) is 0. The Balaban J connectivity index is 0.940. The molecule has 10 aromatic rings. The molecule has 12 rings (SSSR count). The van der Waals surface area contributed by atoms with Gasteiger partial charge in [-0.3, -0.25) is 0 Å². The Bertz CT molecular complexity index is 3160. The molecule has 0 amide bonds. The van der Waals surface area contributed by atoms with E-state index in [9.17, 15) is 0 Å². The van der Waals surface area contributed by atoms with Crippen LogP contribution in [-0.2, 0) is 5.41 Å². The molecule has 264 valence electrons. The van der Waals surface area contributed by atoms with E-state index in [0.717, 1.165) is 22.2 Å². The van der Waals surface area contributed by atoms with Gasteiger partial charge in [-0.05, 0) is 119 Å². The smallest absolute Gasteiger partial charge is 0.0725 e. The minimum atomic E-state index is -0.350. The molecule has 57 heavy (non-hydrogen) atoms. The van der Waals surface area contributed by atoms with E-state index in [1.54, 1.807) is 0 Å². The monoisotopic (exact) mass is 721 g/mol. The number of rotatable bonds is 4. The first-order valence-electron chi connectivity index (χ1n) is 19.8. The van der Waals surface area contributed by atoms with Crippen LogP contribution in [-0.4, -0.2) is 4.98 Å². The third kappa shape index (κ3) is 4.73. The number of para-hydroxylation sites is 1. The number of nitrogens with zero attached hydrogens (tertiary/aromatic N) is 1. The molecule has 2 aliphatic rings. The molecule has 0 saturated heterocycles. The van der Waals surface area contributed by atoms with Gasteiger partial charge < -0.3 is 0 Å². The van der Waals surface area contributed by atoms with Crippen LogP contribution in [0, 0.1) is 0 Å². The number of fused-ring (bicyclic) bond motifs is 12. The van der Waals surface area contributed by atoms with E-state index in [0.29, 0.717) is 0 Å². The van der Waals surface area contributed by atoms with Crippen molar-refractivity contribution >= 4 is 21.7 Å². The highest BCUT2D eigenvalue weighted by Gasteiger charge is 2.51. The van der Waals surface area contributed by atoms with Crippen LogP contribution in [0.1, 0.15) is 22.3 Å². The number of aromatic nitrogens is 1. The van der Waals surface area contributed by atoms with Crippen molar-refractivity contribution in [3.63, 3.8) is 0 Å². The lowest BCUT2D eigenvalue weighted by atomic mass is 9.70. The van der Waals surface area contributed by atoms with Crippen molar-refractivity contribution in [2.75, 3.05) is 0 Å². The molecule has 1 aromatic heterocycles. The highest BCUT2D eigenvalue weighted by atomic mass is 14.7. The van der Waals surface area contributed by atoms with E-state index < -0.39 is 0 Å². The first-order chi connectivity index (χ1) is 28.2. The first kappa shape index (κ1) is 31.9. The molecule has 0 atom stereocenters. The molecule has 2 aliphatic carbocycles. The molecule has 0 bridgehead atoms. The summed E-state index contributed by atoms with van der Waals surface area (Å²) in [6.07, 6.45) is 0. The Morgan fingerprint density at radius 1 is 0.281 bits per heavy atom.